The lowest BCUT2D eigenvalue weighted by molar-refractivity contribution is -0.122. The van der Waals surface area contributed by atoms with Crippen LogP contribution in [-0.2, 0) is 14.8 Å². The van der Waals surface area contributed by atoms with Crippen molar-refractivity contribution < 1.29 is 13.2 Å². The average molecular weight is 440 g/mol. The number of nitrogens with zero attached hydrogens (tertiary/aromatic N) is 3. The fourth-order valence-electron chi connectivity index (χ4n) is 3.10. The molecule has 1 saturated heterocycles. The van der Waals surface area contributed by atoms with E-state index < -0.39 is 10.0 Å². The monoisotopic (exact) mass is 439 g/mol. The number of guanidine groups is 1. The molecular formula is C19H33N7O3S. The van der Waals surface area contributed by atoms with E-state index in [0.717, 1.165) is 38.9 Å². The van der Waals surface area contributed by atoms with Crippen LogP contribution in [0.5, 0.6) is 0 Å². The highest BCUT2D eigenvalue weighted by molar-refractivity contribution is 7.89. The Morgan fingerprint density at radius 2 is 2.00 bits per heavy atom. The molecule has 0 radical (unpaired) electrons. The van der Waals surface area contributed by atoms with Gasteiger partial charge < -0.3 is 16.0 Å². The molecule has 4 N–H and O–H groups in total. The van der Waals surface area contributed by atoms with Gasteiger partial charge in [0.15, 0.2) is 5.96 Å². The van der Waals surface area contributed by atoms with Crippen LogP contribution in [0.15, 0.2) is 34.4 Å². The molecule has 1 aromatic heterocycles. The lowest BCUT2D eigenvalue weighted by atomic mass is 10.1. The van der Waals surface area contributed by atoms with Gasteiger partial charge in [0.2, 0.25) is 15.9 Å². The molecule has 1 aliphatic rings. The van der Waals surface area contributed by atoms with Crippen molar-refractivity contribution in [2.75, 3.05) is 46.3 Å². The SMILES string of the molecule is CCCNC(=O)CN1CCC(NC(=NC)NCCNS(=O)(=O)c2cccnc2)CC1. The average Bonchev–Trinajstić information content (AvgIpc) is 2.76. The second kappa shape index (κ2) is 12.5. The Balaban J connectivity index is 1.66. The smallest absolute Gasteiger partial charge is 0.242 e. The molecule has 2 rings (SSSR count). The summed E-state index contributed by atoms with van der Waals surface area (Å²) < 4.78 is 26.9. The van der Waals surface area contributed by atoms with Gasteiger partial charge in [-0.05, 0) is 31.4 Å². The Bertz CT molecular complexity index is 779. The number of pyridine rings is 1. The summed E-state index contributed by atoms with van der Waals surface area (Å²) in [6.07, 6.45) is 5.61. The molecule has 2 heterocycles. The molecule has 1 amide bonds. The van der Waals surface area contributed by atoms with Gasteiger partial charge in [0.05, 0.1) is 6.54 Å². The zero-order chi connectivity index (χ0) is 21.8. The number of amides is 1. The number of piperidine rings is 1. The first-order valence-corrected chi connectivity index (χ1v) is 11.8. The molecule has 0 spiro atoms. The minimum atomic E-state index is -3.57. The lowest BCUT2D eigenvalue weighted by Crippen LogP contribution is -2.50. The van der Waals surface area contributed by atoms with Crippen molar-refractivity contribution in [2.45, 2.75) is 37.1 Å². The summed E-state index contributed by atoms with van der Waals surface area (Å²) in [6, 6.07) is 3.35. The van der Waals surface area contributed by atoms with Crippen LogP contribution in [0.4, 0.5) is 0 Å². The topological polar surface area (TPSA) is 128 Å². The van der Waals surface area contributed by atoms with Gasteiger partial charge in [-0.15, -0.1) is 0 Å². The van der Waals surface area contributed by atoms with Gasteiger partial charge in [0.1, 0.15) is 4.90 Å². The van der Waals surface area contributed by atoms with Crippen LogP contribution < -0.4 is 20.7 Å². The Morgan fingerprint density at radius 1 is 1.23 bits per heavy atom. The summed E-state index contributed by atoms with van der Waals surface area (Å²) in [7, 11) is -1.88. The van der Waals surface area contributed by atoms with E-state index in [1.54, 1.807) is 13.1 Å². The van der Waals surface area contributed by atoms with E-state index in [0.29, 0.717) is 19.0 Å². The summed E-state index contributed by atoms with van der Waals surface area (Å²) in [4.78, 5) is 22.2. The van der Waals surface area contributed by atoms with Gasteiger partial charge in [-0.2, -0.15) is 0 Å². The maximum absolute atomic E-state index is 12.2. The van der Waals surface area contributed by atoms with Crippen molar-refractivity contribution in [1.29, 1.82) is 0 Å². The van der Waals surface area contributed by atoms with E-state index in [1.165, 1.54) is 18.5 Å². The maximum Gasteiger partial charge on any atom is 0.242 e. The zero-order valence-corrected chi connectivity index (χ0v) is 18.5. The van der Waals surface area contributed by atoms with E-state index >= 15 is 0 Å². The number of nitrogens with one attached hydrogen (secondary N) is 4. The van der Waals surface area contributed by atoms with Crippen LogP contribution in [0.25, 0.3) is 0 Å². The molecule has 0 unspecified atom stereocenters. The molecule has 1 aromatic rings. The molecule has 0 bridgehead atoms. The highest BCUT2D eigenvalue weighted by atomic mass is 32.2. The van der Waals surface area contributed by atoms with Crippen LogP contribution in [-0.4, -0.2) is 82.5 Å². The lowest BCUT2D eigenvalue weighted by Gasteiger charge is -2.32. The van der Waals surface area contributed by atoms with E-state index in [1.807, 2.05) is 6.92 Å². The van der Waals surface area contributed by atoms with Crippen molar-refractivity contribution in [3.05, 3.63) is 24.5 Å². The first-order valence-electron chi connectivity index (χ1n) is 10.3. The Kier molecular flexibility index (Phi) is 9.98. The van der Waals surface area contributed by atoms with Crippen molar-refractivity contribution in [3.8, 4) is 0 Å². The number of aliphatic imine (C=N–C) groups is 1. The molecule has 1 fully saturated rings. The number of sulfonamides is 1. The fourth-order valence-corrected chi connectivity index (χ4v) is 4.10. The summed E-state index contributed by atoms with van der Waals surface area (Å²) >= 11 is 0. The second-order valence-corrected chi connectivity index (χ2v) is 8.90. The first kappa shape index (κ1) is 24.0. The highest BCUT2D eigenvalue weighted by Crippen LogP contribution is 2.10. The molecule has 0 aromatic carbocycles. The van der Waals surface area contributed by atoms with Gasteiger partial charge in [-0.25, -0.2) is 13.1 Å². The molecule has 30 heavy (non-hydrogen) atoms. The molecule has 168 valence electrons. The van der Waals surface area contributed by atoms with E-state index in [9.17, 15) is 13.2 Å². The molecule has 0 atom stereocenters. The van der Waals surface area contributed by atoms with Crippen LogP contribution in [0, 0.1) is 0 Å². The minimum Gasteiger partial charge on any atom is -0.355 e. The largest absolute Gasteiger partial charge is 0.355 e. The summed E-state index contributed by atoms with van der Waals surface area (Å²) in [5.74, 6) is 0.712. The molecule has 0 saturated carbocycles. The summed E-state index contributed by atoms with van der Waals surface area (Å²) in [5.41, 5.74) is 0. The fraction of sp³-hybridized carbons (Fsp3) is 0.632. The molecule has 10 nitrogen and oxygen atoms in total. The van der Waals surface area contributed by atoms with Gasteiger partial charge in [0, 0.05) is 58.2 Å². The Morgan fingerprint density at radius 3 is 2.63 bits per heavy atom. The van der Waals surface area contributed by atoms with Gasteiger partial charge in [-0.1, -0.05) is 6.92 Å². The van der Waals surface area contributed by atoms with Crippen molar-refractivity contribution >= 4 is 21.9 Å². The van der Waals surface area contributed by atoms with E-state index in [2.05, 4.69) is 35.5 Å². The number of hydrogen-bond acceptors (Lipinski definition) is 6. The molecular weight excluding hydrogens is 406 g/mol. The normalized spacial score (nSPS) is 16.3. The zero-order valence-electron chi connectivity index (χ0n) is 17.7. The van der Waals surface area contributed by atoms with Gasteiger partial charge in [0.25, 0.3) is 0 Å². The highest BCUT2D eigenvalue weighted by Gasteiger charge is 2.21. The molecule has 0 aliphatic carbocycles. The number of aromatic nitrogens is 1. The third-order valence-electron chi connectivity index (χ3n) is 4.75. The summed E-state index contributed by atoms with van der Waals surface area (Å²) in [6.45, 7) is 5.51. The van der Waals surface area contributed by atoms with Crippen molar-refractivity contribution in [1.82, 2.24) is 30.6 Å². The Hall–Kier alpha value is -2.24. The van der Waals surface area contributed by atoms with Gasteiger partial charge >= 0.3 is 0 Å². The number of rotatable bonds is 10. The second-order valence-electron chi connectivity index (χ2n) is 7.13. The standard InChI is InChI=1S/C19H33N7O3S/c1-3-8-22-18(27)15-26-12-6-16(7-13-26)25-19(20-2)23-10-11-24-30(28,29)17-5-4-9-21-14-17/h4-5,9,14,16,24H,3,6-8,10-13,15H2,1-2H3,(H,22,27)(H2,20,23,25). The third kappa shape index (κ3) is 8.25. The number of hydrogen-bond donors (Lipinski definition) is 4. The van der Waals surface area contributed by atoms with Crippen molar-refractivity contribution in [2.24, 2.45) is 4.99 Å². The summed E-state index contributed by atoms with van der Waals surface area (Å²) in [5, 5.41) is 9.40. The van der Waals surface area contributed by atoms with Crippen LogP contribution in [0.3, 0.4) is 0 Å². The predicted octanol–water partition coefficient (Wildman–Crippen LogP) is -0.484. The molecule has 1 aliphatic heterocycles. The van der Waals surface area contributed by atoms with Gasteiger partial charge in [-0.3, -0.25) is 19.7 Å². The number of carbonyl (C=O) groups is 1. The van der Waals surface area contributed by atoms with Crippen LogP contribution >= 0.6 is 0 Å². The first-order chi connectivity index (χ1) is 14.4. The maximum atomic E-state index is 12.2. The minimum absolute atomic E-state index is 0.0782. The predicted molar refractivity (Wildman–Crippen MR) is 117 cm³/mol. The Labute approximate surface area is 179 Å². The van der Waals surface area contributed by atoms with E-state index in [4.69, 9.17) is 0 Å². The number of likely N-dealkylation sites (tertiary alicyclic amines) is 1. The third-order valence-corrected chi connectivity index (χ3v) is 6.19. The number of carbonyl (C=O) groups excluding carboxylic acids is 1. The van der Waals surface area contributed by atoms with Crippen LogP contribution in [0.2, 0.25) is 0 Å². The van der Waals surface area contributed by atoms with Crippen molar-refractivity contribution in [3.63, 3.8) is 0 Å². The van der Waals surface area contributed by atoms with E-state index in [-0.39, 0.29) is 23.4 Å². The molecule has 11 heteroatoms. The van der Waals surface area contributed by atoms with Crippen LogP contribution in [0.1, 0.15) is 26.2 Å². The quantitative estimate of drug-likeness (QED) is 0.220.